The zero-order valence-corrected chi connectivity index (χ0v) is 15.5. The Bertz CT molecular complexity index is 632. The molecule has 2 aromatic rings. The van der Waals surface area contributed by atoms with E-state index in [2.05, 4.69) is 5.32 Å². The summed E-state index contributed by atoms with van der Waals surface area (Å²) in [5.74, 6) is -0.345. The molecule has 1 amide bonds. The van der Waals surface area contributed by atoms with Crippen LogP contribution in [0, 0.1) is 5.92 Å². The Hall–Kier alpha value is -1.55. The van der Waals surface area contributed by atoms with Gasteiger partial charge in [0.05, 0.1) is 12.0 Å². The SMILES string of the molecule is CCC(NC(=O)C(C)C(N)c1ccccc1)c1ccc(Cl)cc1.Cl. The quantitative estimate of drug-likeness (QED) is 0.780. The number of benzene rings is 2. The average Bonchev–Trinajstić information content (AvgIpc) is 2.59. The number of halogens is 2. The molecule has 2 aromatic carbocycles. The second-order valence-corrected chi connectivity index (χ2v) is 6.18. The second-order valence-electron chi connectivity index (χ2n) is 5.75. The molecule has 0 aliphatic heterocycles. The molecular weight excluding hydrogens is 343 g/mol. The molecule has 0 fully saturated rings. The third-order valence-corrected chi connectivity index (χ3v) is 4.39. The van der Waals surface area contributed by atoms with E-state index < -0.39 is 0 Å². The van der Waals surface area contributed by atoms with Crippen molar-refractivity contribution in [2.24, 2.45) is 11.7 Å². The second kappa shape index (κ2) is 9.67. The number of amides is 1. The molecule has 0 aliphatic rings. The van der Waals surface area contributed by atoms with Crippen molar-refractivity contribution in [2.75, 3.05) is 0 Å². The molecule has 0 heterocycles. The van der Waals surface area contributed by atoms with Gasteiger partial charge in [0.15, 0.2) is 0 Å². The molecule has 24 heavy (non-hydrogen) atoms. The van der Waals surface area contributed by atoms with E-state index in [1.54, 1.807) is 0 Å². The summed E-state index contributed by atoms with van der Waals surface area (Å²) in [6, 6.07) is 16.9. The topological polar surface area (TPSA) is 55.1 Å². The summed E-state index contributed by atoms with van der Waals surface area (Å²) in [4.78, 5) is 12.6. The highest BCUT2D eigenvalue weighted by Crippen LogP contribution is 2.23. The van der Waals surface area contributed by atoms with Crippen molar-refractivity contribution in [2.45, 2.75) is 32.4 Å². The van der Waals surface area contributed by atoms with E-state index in [1.807, 2.05) is 68.4 Å². The number of hydrogen-bond donors (Lipinski definition) is 2. The molecule has 3 atom stereocenters. The predicted molar refractivity (Wildman–Crippen MR) is 102 cm³/mol. The maximum atomic E-state index is 12.6. The highest BCUT2D eigenvalue weighted by molar-refractivity contribution is 6.30. The van der Waals surface area contributed by atoms with Crippen LogP contribution in [0.5, 0.6) is 0 Å². The Balaban J connectivity index is 0.00000288. The Kier molecular flexibility index (Phi) is 8.26. The number of hydrogen-bond acceptors (Lipinski definition) is 2. The van der Waals surface area contributed by atoms with Crippen LogP contribution in [-0.4, -0.2) is 5.91 Å². The largest absolute Gasteiger partial charge is 0.349 e. The van der Waals surface area contributed by atoms with Gasteiger partial charge in [-0.1, -0.05) is 67.9 Å². The molecule has 130 valence electrons. The van der Waals surface area contributed by atoms with Crippen LogP contribution in [0.2, 0.25) is 5.02 Å². The van der Waals surface area contributed by atoms with Gasteiger partial charge in [0.2, 0.25) is 5.91 Å². The Morgan fingerprint density at radius 3 is 2.21 bits per heavy atom. The van der Waals surface area contributed by atoms with Crippen LogP contribution >= 0.6 is 24.0 Å². The summed E-state index contributed by atoms with van der Waals surface area (Å²) >= 11 is 5.92. The molecular formula is C19H24Cl2N2O. The monoisotopic (exact) mass is 366 g/mol. The lowest BCUT2D eigenvalue weighted by molar-refractivity contribution is -0.126. The maximum absolute atomic E-state index is 12.6. The van der Waals surface area contributed by atoms with Gasteiger partial charge >= 0.3 is 0 Å². The molecule has 0 radical (unpaired) electrons. The maximum Gasteiger partial charge on any atom is 0.225 e. The molecule has 0 saturated carbocycles. The normalized spacial score (nSPS) is 14.2. The van der Waals surface area contributed by atoms with Crippen molar-refractivity contribution in [3.05, 3.63) is 70.7 Å². The van der Waals surface area contributed by atoms with E-state index in [0.717, 1.165) is 17.5 Å². The van der Waals surface area contributed by atoms with Crippen molar-refractivity contribution >= 4 is 29.9 Å². The molecule has 0 saturated heterocycles. The van der Waals surface area contributed by atoms with Gasteiger partial charge < -0.3 is 11.1 Å². The molecule has 3 nitrogen and oxygen atoms in total. The van der Waals surface area contributed by atoms with Crippen LogP contribution in [0.4, 0.5) is 0 Å². The number of nitrogens with two attached hydrogens (primary N) is 1. The minimum atomic E-state index is -0.320. The molecule has 3 N–H and O–H groups in total. The van der Waals surface area contributed by atoms with E-state index in [1.165, 1.54) is 0 Å². The Morgan fingerprint density at radius 1 is 1.08 bits per heavy atom. The van der Waals surface area contributed by atoms with Crippen molar-refractivity contribution in [1.82, 2.24) is 5.32 Å². The van der Waals surface area contributed by atoms with Crippen molar-refractivity contribution in [3.8, 4) is 0 Å². The summed E-state index contributed by atoms with van der Waals surface area (Å²) in [6.07, 6.45) is 0.806. The Labute approximate surface area is 155 Å². The fraction of sp³-hybridized carbons (Fsp3) is 0.316. The van der Waals surface area contributed by atoms with Gasteiger partial charge in [-0.2, -0.15) is 0 Å². The Morgan fingerprint density at radius 2 is 1.67 bits per heavy atom. The minimum absolute atomic E-state index is 0. The molecule has 5 heteroatoms. The van der Waals surface area contributed by atoms with E-state index in [9.17, 15) is 4.79 Å². The predicted octanol–water partition coefficient (Wildman–Crippen LogP) is 4.67. The summed E-state index contributed by atoms with van der Waals surface area (Å²) < 4.78 is 0. The van der Waals surface area contributed by atoms with Crippen LogP contribution < -0.4 is 11.1 Å². The van der Waals surface area contributed by atoms with Crippen LogP contribution in [0.15, 0.2) is 54.6 Å². The van der Waals surface area contributed by atoms with Gasteiger partial charge in [-0.15, -0.1) is 12.4 Å². The fourth-order valence-corrected chi connectivity index (χ4v) is 2.67. The van der Waals surface area contributed by atoms with E-state index >= 15 is 0 Å². The van der Waals surface area contributed by atoms with Gasteiger partial charge in [-0.05, 0) is 29.7 Å². The molecule has 0 aliphatic carbocycles. The zero-order chi connectivity index (χ0) is 16.8. The first-order valence-corrected chi connectivity index (χ1v) is 8.27. The lowest BCUT2D eigenvalue weighted by Gasteiger charge is -2.24. The van der Waals surface area contributed by atoms with Crippen molar-refractivity contribution < 1.29 is 4.79 Å². The highest BCUT2D eigenvalue weighted by Gasteiger charge is 2.24. The average molecular weight is 367 g/mol. The minimum Gasteiger partial charge on any atom is -0.349 e. The van der Waals surface area contributed by atoms with Crippen molar-refractivity contribution in [1.29, 1.82) is 0 Å². The molecule has 0 aromatic heterocycles. The first-order valence-electron chi connectivity index (χ1n) is 7.89. The van der Waals surface area contributed by atoms with Gasteiger partial charge in [0.1, 0.15) is 0 Å². The molecule has 3 unspecified atom stereocenters. The lowest BCUT2D eigenvalue weighted by atomic mass is 9.94. The summed E-state index contributed by atoms with van der Waals surface area (Å²) in [7, 11) is 0. The number of carbonyl (C=O) groups is 1. The molecule has 0 spiro atoms. The van der Waals surface area contributed by atoms with Crippen molar-refractivity contribution in [3.63, 3.8) is 0 Å². The first kappa shape index (κ1) is 20.5. The van der Waals surface area contributed by atoms with Crippen LogP contribution in [0.3, 0.4) is 0 Å². The van der Waals surface area contributed by atoms with Crippen LogP contribution in [0.25, 0.3) is 0 Å². The number of rotatable bonds is 6. The first-order chi connectivity index (χ1) is 11.0. The third-order valence-electron chi connectivity index (χ3n) is 4.13. The van der Waals surface area contributed by atoms with Gasteiger partial charge in [0, 0.05) is 11.1 Å². The van der Waals surface area contributed by atoms with E-state index in [0.29, 0.717) is 5.02 Å². The van der Waals surface area contributed by atoms with E-state index in [-0.39, 0.29) is 36.3 Å². The van der Waals surface area contributed by atoms with Gasteiger partial charge in [-0.25, -0.2) is 0 Å². The summed E-state index contributed by atoms with van der Waals surface area (Å²) in [5, 5.41) is 3.78. The van der Waals surface area contributed by atoms with Gasteiger partial charge in [0.25, 0.3) is 0 Å². The fourth-order valence-electron chi connectivity index (χ4n) is 2.55. The summed E-state index contributed by atoms with van der Waals surface area (Å²) in [6.45, 7) is 3.91. The van der Waals surface area contributed by atoms with Crippen LogP contribution in [-0.2, 0) is 4.79 Å². The lowest BCUT2D eigenvalue weighted by Crippen LogP contribution is -2.37. The standard InChI is InChI=1S/C19H23ClN2O.ClH/c1-3-17(14-9-11-16(20)12-10-14)22-19(23)13(2)18(21)15-7-5-4-6-8-15;/h4-13,17-18H,3,21H2,1-2H3,(H,22,23);1H. The summed E-state index contributed by atoms with van der Waals surface area (Å²) in [5.41, 5.74) is 8.25. The van der Waals surface area contributed by atoms with Gasteiger partial charge in [-0.3, -0.25) is 4.79 Å². The molecule has 0 bridgehead atoms. The molecule has 2 rings (SSSR count). The van der Waals surface area contributed by atoms with E-state index in [4.69, 9.17) is 17.3 Å². The number of nitrogens with one attached hydrogen (secondary N) is 1. The smallest absolute Gasteiger partial charge is 0.225 e. The third kappa shape index (κ3) is 5.23. The zero-order valence-electron chi connectivity index (χ0n) is 13.9. The van der Waals surface area contributed by atoms with Crippen LogP contribution in [0.1, 0.15) is 43.5 Å². The highest BCUT2D eigenvalue weighted by atomic mass is 35.5. The number of carbonyl (C=O) groups excluding carboxylic acids is 1.